The van der Waals surface area contributed by atoms with E-state index in [0.717, 1.165) is 23.3 Å². The summed E-state index contributed by atoms with van der Waals surface area (Å²) in [4.78, 5) is 25.8. The van der Waals surface area contributed by atoms with Gasteiger partial charge in [-0.1, -0.05) is 32.0 Å². The Morgan fingerprint density at radius 1 is 1.09 bits per heavy atom. The molecule has 0 atom stereocenters. The number of nitrogens with zero attached hydrogens (tertiary/aromatic N) is 1. The first-order valence-corrected chi connectivity index (χ1v) is 11.1. The van der Waals surface area contributed by atoms with E-state index >= 15 is 0 Å². The minimum absolute atomic E-state index is 0.191. The summed E-state index contributed by atoms with van der Waals surface area (Å²) >= 11 is 0. The van der Waals surface area contributed by atoms with Crippen LogP contribution in [0.5, 0.6) is 11.5 Å². The highest BCUT2D eigenvalue weighted by Crippen LogP contribution is 2.44. The third kappa shape index (κ3) is 7.37. The van der Waals surface area contributed by atoms with Crippen LogP contribution in [0.15, 0.2) is 30.3 Å². The summed E-state index contributed by atoms with van der Waals surface area (Å²) in [6, 6.07) is 7.40. The summed E-state index contributed by atoms with van der Waals surface area (Å²) in [5.41, 5.74) is -0.136. The Morgan fingerprint density at radius 2 is 1.71 bits per heavy atom. The number of amides is 1. The summed E-state index contributed by atoms with van der Waals surface area (Å²) < 4.78 is 51.8. The maximum absolute atomic E-state index is 13.7. The zero-order valence-electron chi connectivity index (χ0n) is 21.0. The molecule has 0 fully saturated rings. The standard InChI is InChI=1S/C26H32F3NO5/c1-15(2)22(31)19-10-11-20(21(23(19)32)26(27,28)29)34-14-17-8-9-18(16(3)12-17)13-30(7)24(33)35-25(4,5)6/h8-12,15,32H,13-14H2,1-7H3. The van der Waals surface area contributed by atoms with Gasteiger partial charge in [-0.05, 0) is 56.5 Å². The highest BCUT2D eigenvalue weighted by Gasteiger charge is 2.40. The molecule has 2 aromatic carbocycles. The van der Waals surface area contributed by atoms with E-state index in [1.54, 1.807) is 46.0 Å². The largest absolute Gasteiger partial charge is 0.506 e. The van der Waals surface area contributed by atoms with E-state index in [1.807, 2.05) is 6.92 Å². The molecule has 0 aromatic heterocycles. The van der Waals surface area contributed by atoms with Gasteiger partial charge in [0.1, 0.15) is 29.3 Å². The molecule has 6 nitrogen and oxygen atoms in total. The number of benzene rings is 2. The summed E-state index contributed by atoms with van der Waals surface area (Å²) in [6.45, 7) is 10.3. The quantitative estimate of drug-likeness (QED) is 0.444. The van der Waals surface area contributed by atoms with E-state index in [1.165, 1.54) is 18.7 Å². The number of halogens is 3. The zero-order valence-corrected chi connectivity index (χ0v) is 21.0. The Bertz CT molecular complexity index is 1090. The Kier molecular flexibility index (Phi) is 8.47. The molecule has 0 aliphatic rings. The topological polar surface area (TPSA) is 76.1 Å². The first kappa shape index (κ1) is 28.0. The van der Waals surface area contributed by atoms with Crippen LogP contribution < -0.4 is 4.74 Å². The number of hydrogen-bond donors (Lipinski definition) is 1. The zero-order chi connectivity index (χ0) is 26.7. The van der Waals surface area contributed by atoms with E-state index in [0.29, 0.717) is 12.1 Å². The lowest BCUT2D eigenvalue weighted by Gasteiger charge is -2.25. The maximum Gasteiger partial charge on any atom is 0.423 e. The number of ether oxygens (including phenoxy) is 2. The van der Waals surface area contributed by atoms with E-state index in [9.17, 15) is 27.9 Å². The molecule has 0 aliphatic heterocycles. The molecule has 0 bridgehead atoms. The van der Waals surface area contributed by atoms with Gasteiger partial charge < -0.3 is 19.5 Å². The summed E-state index contributed by atoms with van der Waals surface area (Å²) in [6.07, 6.45) is -5.39. The van der Waals surface area contributed by atoms with Gasteiger partial charge in [-0.3, -0.25) is 4.79 Å². The van der Waals surface area contributed by atoms with Crippen molar-refractivity contribution in [3.05, 3.63) is 58.1 Å². The average Bonchev–Trinajstić information content (AvgIpc) is 2.71. The van der Waals surface area contributed by atoms with Crippen molar-refractivity contribution in [1.29, 1.82) is 0 Å². The molecule has 0 aliphatic carbocycles. The lowest BCUT2D eigenvalue weighted by Crippen LogP contribution is -2.33. The van der Waals surface area contributed by atoms with Gasteiger partial charge in [-0.15, -0.1) is 0 Å². The summed E-state index contributed by atoms with van der Waals surface area (Å²) in [5.74, 6) is -2.88. The number of phenolic OH excluding ortho intramolecular Hbond substituents is 1. The maximum atomic E-state index is 13.7. The lowest BCUT2D eigenvalue weighted by atomic mass is 9.97. The monoisotopic (exact) mass is 495 g/mol. The second-order valence-corrected chi connectivity index (χ2v) is 9.74. The number of carbonyl (C=O) groups excluding carboxylic acids is 2. The molecule has 35 heavy (non-hydrogen) atoms. The van der Waals surface area contributed by atoms with Crippen LogP contribution in [0.3, 0.4) is 0 Å². The predicted molar refractivity (Wildman–Crippen MR) is 125 cm³/mol. The van der Waals surface area contributed by atoms with Crippen LogP contribution in [-0.4, -0.2) is 34.5 Å². The van der Waals surface area contributed by atoms with Crippen molar-refractivity contribution in [3.8, 4) is 11.5 Å². The van der Waals surface area contributed by atoms with E-state index in [4.69, 9.17) is 9.47 Å². The van der Waals surface area contributed by atoms with E-state index < -0.39 is 52.2 Å². The van der Waals surface area contributed by atoms with Crippen LogP contribution in [0.2, 0.25) is 0 Å². The van der Waals surface area contributed by atoms with Gasteiger partial charge in [0.25, 0.3) is 0 Å². The molecular weight excluding hydrogens is 463 g/mol. The minimum Gasteiger partial charge on any atom is -0.506 e. The Balaban J connectivity index is 2.21. The van der Waals surface area contributed by atoms with Crippen molar-refractivity contribution in [2.45, 2.75) is 66.5 Å². The van der Waals surface area contributed by atoms with Crippen molar-refractivity contribution in [1.82, 2.24) is 4.90 Å². The molecule has 0 spiro atoms. The van der Waals surface area contributed by atoms with Crippen LogP contribution >= 0.6 is 0 Å². The normalized spacial score (nSPS) is 12.0. The molecule has 0 heterocycles. The second kappa shape index (κ2) is 10.6. The number of hydrogen-bond acceptors (Lipinski definition) is 5. The molecule has 192 valence electrons. The first-order chi connectivity index (χ1) is 16.0. The number of aryl methyl sites for hydroxylation is 1. The van der Waals surface area contributed by atoms with Gasteiger partial charge in [0.15, 0.2) is 5.78 Å². The van der Waals surface area contributed by atoms with Gasteiger partial charge in [0.05, 0.1) is 5.56 Å². The van der Waals surface area contributed by atoms with Crippen molar-refractivity contribution < 1.29 is 37.3 Å². The van der Waals surface area contributed by atoms with Gasteiger partial charge >= 0.3 is 12.3 Å². The predicted octanol–water partition coefficient (Wildman–Crippen LogP) is 6.50. The van der Waals surface area contributed by atoms with Gasteiger partial charge in [-0.25, -0.2) is 4.79 Å². The third-order valence-electron chi connectivity index (χ3n) is 5.13. The van der Waals surface area contributed by atoms with Gasteiger partial charge in [0.2, 0.25) is 0 Å². The number of rotatable bonds is 7. The molecule has 9 heteroatoms. The van der Waals surface area contributed by atoms with Crippen molar-refractivity contribution in [3.63, 3.8) is 0 Å². The SMILES string of the molecule is Cc1cc(COc2ccc(C(=O)C(C)C)c(O)c2C(F)(F)F)ccc1CN(C)C(=O)OC(C)(C)C. The van der Waals surface area contributed by atoms with Crippen molar-refractivity contribution >= 4 is 11.9 Å². The molecule has 0 radical (unpaired) electrons. The summed E-state index contributed by atoms with van der Waals surface area (Å²) in [5, 5.41) is 10.2. The number of alkyl halides is 3. The molecule has 1 N–H and O–H groups in total. The molecule has 2 rings (SSSR count). The molecule has 0 saturated heterocycles. The van der Waals surface area contributed by atoms with Crippen LogP contribution in [0, 0.1) is 12.8 Å². The molecule has 1 amide bonds. The number of carbonyl (C=O) groups is 2. The Morgan fingerprint density at radius 3 is 2.23 bits per heavy atom. The van der Waals surface area contributed by atoms with Gasteiger partial charge in [0, 0.05) is 19.5 Å². The lowest BCUT2D eigenvalue weighted by molar-refractivity contribution is -0.140. The minimum atomic E-state index is -4.92. The number of ketones is 1. The third-order valence-corrected chi connectivity index (χ3v) is 5.13. The second-order valence-electron chi connectivity index (χ2n) is 9.74. The fourth-order valence-electron chi connectivity index (χ4n) is 3.32. The molecule has 0 saturated carbocycles. The Hall–Kier alpha value is -3.23. The molecular formula is C26H32F3NO5. The van der Waals surface area contributed by atoms with Crippen molar-refractivity contribution in [2.24, 2.45) is 5.92 Å². The average molecular weight is 496 g/mol. The highest BCUT2D eigenvalue weighted by atomic mass is 19.4. The Labute approximate surface area is 203 Å². The fraction of sp³-hybridized carbons (Fsp3) is 0.462. The van der Waals surface area contributed by atoms with Crippen LogP contribution in [-0.2, 0) is 24.1 Å². The van der Waals surface area contributed by atoms with Crippen molar-refractivity contribution in [2.75, 3.05) is 7.05 Å². The fourth-order valence-corrected chi connectivity index (χ4v) is 3.32. The van der Waals surface area contributed by atoms with E-state index in [2.05, 4.69) is 0 Å². The molecule has 2 aromatic rings. The number of Topliss-reactive ketones (excluding diaryl/α,β-unsaturated/α-hetero) is 1. The number of aromatic hydroxyl groups is 1. The van der Waals surface area contributed by atoms with E-state index in [-0.39, 0.29) is 6.61 Å². The van der Waals surface area contributed by atoms with Crippen LogP contribution in [0.4, 0.5) is 18.0 Å². The van der Waals surface area contributed by atoms with Crippen LogP contribution in [0.1, 0.15) is 67.2 Å². The number of phenols is 1. The first-order valence-electron chi connectivity index (χ1n) is 11.1. The van der Waals surface area contributed by atoms with Crippen LogP contribution in [0.25, 0.3) is 0 Å². The van der Waals surface area contributed by atoms with Gasteiger partial charge in [-0.2, -0.15) is 13.2 Å². The smallest absolute Gasteiger partial charge is 0.423 e. The highest BCUT2D eigenvalue weighted by molar-refractivity contribution is 6.00. The molecule has 0 unspecified atom stereocenters. The summed E-state index contributed by atoms with van der Waals surface area (Å²) in [7, 11) is 1.61.